The van der Waals surface area contributed by atoms with Crippen LogP contribution in [0.4, 0.5) is 5.69 Å². The van der Waals surface area contributed by atoms with Gasteiger partial charge in [0.05, 0.1) is 11.3 Å². The molecule has 3 rings (SSSR count). The molecule has 0 bridgehead atoms. The van der Waals surface area contributed by atoms with E-state index in [4.69, 9.17) is 0 Å². The average molecular weight is 357 g/mol. The lowest BCUT2D eigenvalue weighted by atomic mass is 9.95. The number of anilines is 1. The highest BCUT2D eigenvalue weighted by molar-refractivity contribution is 6.04. The molecule has 1 aliphatic carbocycles. The molecule has 1 saturated heterocycles. The average Bonchev–Trinajstić information content (AvgIpc) is 3.45. The molecule has 26 heavy (non-hydrogen) atoms. The second-order valence-corrected chi connectivity index (χ2v) is 7.54. The zero-order chi connectivity index (χ0) is 18.7. The molecule has 6 nitrogen and oxygen atoms in total. The summed E-state index contributed by atoms with van der Waals surface area (Å²) in [5, 5.41) is 5.88. The lowest BCUT2D eigenvalue weighted by Crippen LogP contribution is -2.43. The number of hydrogen-bond donors (Lipinski definition) is 2. The van der Waals surface area contributed by atoms with E-state index < -0.39 is 0 Å². The van der Waals surface area contributed by atoms with Crippen molar-refractivity contribution >= 4 is 23.4 Å². The summed E-state index contributed by atoms with van der Waals surface area (Å²) >= 11 is 0. The van der Waals surface area contributed by atoms with E-state index in [1.807, 2.05) is 24.8 Å². The van der Waals surface area contributed by atoms with Crippen molar-refractivity contribution in [3.05, 3.63) is 29.8 Å². The Bertz CT molecular complexity index is 689. The molecular weight excluding hydrogens is 330 g/mol. The van der Waals surface area contributed by atoms with E-state index in [0.29, 0.717) is 37.2 Å². The maximum Gasteiger partial charge on any atom is 0.253 e. The highest BCUT2D eigenvalue weighted by atomic mass is 16.2. The SMILES string of the molecule is CC(C)C(=O)N1CCC(C(=O)Nc2ccccc2C(=O)NC2CC2)CC1. The fourth-order valence-corrected chi connectivity index (χ4v) is 3.24. The van der Waals surface area contributed by atoms with Crippen LogP contribution in [0.15, 0.2) is 24.3 Å². The normalized spacial score (nSPS) is 17.9. The Morgan fingerprint density at radius 3 is 2.31 bits per heavy atom. The number of rotatable bonds is 5. The molecule has 140 valence electrons. The van der Waals surface area contributed by atoms with Crippen LogP contribution in [0.2, 0.25) is 0 Å². The first kappa shape index (κ1) is 18.4. The summed E-state index contributed by atoms with van der Waals surface area (Å²) in [6.07, 6.45) is 3.35. The molecule has 0 aromatic heterocycles. The molecule has 1 saturated carbocycles. The van der Waals surface area contributed by atoms with Crippen molar-refractivity contribution in [2.75, 3.05) is 18.4 Å². The van der Waals surface area contributed by atoms with Crippen LogP contribution in [-0.4, -0.2) is 41.8 Å². The molecule has 2 fully saturated rings. The molecular formula is C20H27N3O3. The van der Waals surface area contributed by atoms with E-state index >= 15 is 0 Å². The second kappa shape index (κ2) is 7.89. The number of carbonyl (C=O) groups excluding carboxylic acids is 3. The monoisotopic (exact) mass is 357 g/mol. The smallest absolute Gasteiger partial charge is 0.253 e. The molecule has 1 aromatic carbocycles. The van der Waals surface area contributed by atoms with Gasteiger partial charge in [0, 0.05) is 31.0 Å². The molecule has 1 aliphatic heterocycles. The predicted molar refractivity (Wildman–Crippen MR) is 99.7 cm³/mol. The summed E-state index contributed by atoms with van der Waals surface area (Å²) in [5.74, 6) is -0.219. The predicted octanol–water partition coefficient (Wildman–Crippen LogP) is 2.41. The van der Waals surface area contributed by atoms with Crippen molar-refractivity contribution in [2.24, 2.45) is 11.8 Å². The number of piperidine rings is 1. The standard InChI is InChI=1S/C20H27N3O3/c1-13(2)20(26)23-11-9-14(10-12-23)18(24)22-17-6-4-3-5-16(17)19(25)21-15-7-8-15/h3-6,13-15H,7-12H2,1-2H3,(H,21,25)(H,22,24). The summed E-state index contributed by atoms with van der Waals surface area (Å²) < 4.78 is 0. The van der Waals surface area contributed by atoms with Crippen LogP contribution in [0.5, 0.6) is 0 Å². The third-order valence-corrected chi connectivity index (χ3v) is 5.01. The van der Waals surface area contributed by atoms with E-state index in [1.165, 1.54) is 0 Å². The number of benzene rings is 1. The van der Waals surface area contributed by atoms with Gasteiger partial charge in [0.15, 0.2) is 0 Å². The molecule has 0 radical (unpaired) electrons. The molecule has 0 atom stereocenters. The van der Waals surface area contributed by atoms with Gasteiger partial charge in [-0.2, -0.15) is 0 Å². The molecule has 2 aliphatic rings. The van der Waals surface area contributed by atoms with Gasteiger partial charge < -0.3 is 15.5 Å². The lowest BCUT2D eigenvalue weighted by Gasteiger charge is -2.32. The zero-order valence-electron chi connectivity index (χ0n) is 15.5. The van der Waals surface area contributed by atoms with Gasteiger partial charge in [0.2, 0.25) is 11.8 Å². The summed E-state index contributed by atoms with van der Waals surface area (Å²) in [6, 6.07) is 7.38. The van der Waals surface area contributed by atoms with E-state index in [-0.39, 0.29) is 35.6 Å². The minimum Gasteiger partial charge on any atom is -0.349 e. The number of nitrogens with zero attached hydrogens (tertiary/aromatic N) is 1. The molecule has 0 unspecified atom stereocenters. The van der Waals surface area contributed by atoms with E-state index in [0.717, 1.165) is 12.8 Å². The van der Waals surface area contributed by atoms with Crippen LogP contribution >= 0.6 is 0 Å². The van der Waals surface area contributed by atoms with E-state index in [2.05, 4.69) is 10.6 Å². The Hall–Kier alpha value is -2.37. The van der Waals surface area contributed by atoms with Crippen molar-refractivity contribution in [2.45, 2.75) is 45.6 Å². The van der Waals surface area contributed by atoms with Gasteiger partial charge in [-0.25, -0.2) is 0 Å². The van der Waals surface area contributed by atoms with Crippen molar-refractivity contribution < 1.29 is 14.4 Å². The zero-order valence-corrected chi connectivity index (χ0v) is 15.5. The van der Waals surface area contributed by atoms with Gasteiger partial charge >= 0.3 is 0 Å². The van der Waals surface area contributed by atoms with Crippen LogP contribution in [-0.2, 0) is 9.59 Å². The molecule has 1 aromatic rings. The summed E-state index contributed by atoms with van der Waals surface area (Å²) in [6.45, 7) is 5.01. The third-order valence-electron chi connectivity index (χ3n) is 5.01. The van der Waals surface area contributed by atoms with Gasteiger partial charge in [-0.1, -0.05) is 26.0 Å². The first-order chi connectivity index (χ1) is 12.5. The lowest BCUT2D eigenvalue weighted by molar-refractivity contribution is -0.137. The Labute approximate surface area is 154 Å². The highest BCUT2D eigenvalue weighted by Gasteiger charge is 2.29. The second-order valence-electron chi connectivity index (χ2n) is 7.54. The van der Waals surface area contributed by atoms with E-state index in [1.54, 1.807) is 18.2 Å². The molecule has 1 heterocycles. The quantitative estimate of drug-likeness (QED) is 0.849. The van der Waals surface area contributed by atoms with Gasteiger partial charge in [0.25, 0.3) is 5.91 Å². The Kier molecular flexibility index (Phi) is 5.59. The first-order valence-corrected chi connectivity index (χ1v) is 9.45. The molecule has 2 N–H and O–H groups in total. The molecule has 0 spiro atoms. The summed E-state index contributed by atoms with van der Waals surface area (Å²) in [5.41, 5.74) is 1.05. The van der Waals surface area contributed by atoms with Crippen LogP contribution in [0.25, 0.3) is 0 Å². The maximum atomic E-state index is 12.6. The molecule has 3 amide bonds. The number of para-hydroxylation sites is 1. The summed E-state index contributed by atoms with van der Waals surface area (Å²) in [7, 11) is 0. The maximum absolute atomic E-state index is 12.6. The number of likely N-dealkylation sites (tertiary alicyclic amines) is 1. The minimum atomic E-state index is -0.138. The Balaban J connectivity index is 1.59. The third kappa shape index (κ3) is 4.42. The van der Waals surface area contributed by atoms with Crippen molar-refractivity contribution in [1.82, 2.24) is 10.2 Å². The first-order valence-electron chi connectivity index (χ1n) is 9.45. The topological polar surface area (TPSA) is 78.5 Å². The van der Waals surface area contributed by atoms with Gasteiger partial charge in [-0.3, -0.25) is 14.4 Å². The van der Waals surface area contributed by atoms with Crippen LogP contribution in [0, 0.1) is 11.8 Å². The highest BCUT2D eigenvalue weighted by Crippen LogP contribution is 2.24. The fourth-order valence-electron chi connectivity index (χ4n) is 3.24. The Morgan fingerprint density at radius 1 is 1.04 bits per heavy atom. The number of nitrogens with one attached hydrogen (secondary N) is 2. The Morgan fingerprint density at radius 2 is 1.69 bits per heavy atom. The fraction of sp³-hybridized carbons (Fsp3) is 0.550. The number of amides is 3. The van der Waals surface area contributed by atoms with E-state index in [9.17, 15) is 14.4 Å². The summed E-state index contributed by atoms with van der Waals surface area (Å²) in [4.78, 5) is 38.9. The number of hydrogen-bond acceptors (Lipinski definition) is 3. The van der Waals surface area contributed by atoms with Crippen LogP contribution in [0.1, 0.15) is 49.9 Å². The van der Waals surface area contributed by atoms with Gasteiger partial charge in [0.1, 0.15) is 0 Å². The van der Waals surface area contributed by atoms with Gasteiger partial charge in [-0.15, -0.1) is 0 Å². The van der Waals surface area contributed by atoms with Crippen molar-refractivity contribution in [3.63, 3.8) is 0 Å². The van der Waals surface area contributed by atoms with Crippen LogP contribution < -0.4 is 10.6 Å². The largest absolute Gasteiger partial charge is 0.349 e. The minimum absolute atomic E-state index is 0.0165. The van der Waals surface area contributed by atoms with Gasteiger partial charge in [-0.05, 0) is 37.8 Å². The van der Waals surface area contributed by atoms with Crippen molar-refractivity contribution in [3.8, 4) is 0 Å². The molecule has 6 heteroatoms. The van der Waals surface area contributed by atoms with Crippen molar-refractivity contribution in [1.29, 1.82) is 0 Å². The van der Waals surface area contributed by atoms with Crippen LogP contribution in [0.3, 0.4) is 0 Å². The number of carbonyl (C=O) groups is 3.